The summed E-state index contributed by atoms with van der Waals surface area (Å²) in [6.07, 6.45) is 1.43. The minimum Gasteiger partial charge on any atom is -0.497 e. The number of carbonyl (C=O) groups excluding carboxylic acids is 1. The van der Waals surface area contributed by atoms with Gasteiger partial charge in [0.2, 0.25) is 5.91 Å². The van der Waals surface area contributed by atoms with Crippen molar-refractivity contribution in [3.63, 3.8) is 0 Å². The summed E-state index contributed by atoms with van der Waals surface area (Å²) in [5.41, 5.74) is 1.66. The van der Waals surface area contributed by atoms with Gasteiger partial charge in [-0.15, -0.1) is 0 Å². The fraction of sp³-hybridized carbons (Fsp3) is 0.435. The molecule has 0 unspecified atom stereocenters. The number of hydrogen-bond donors (Lipinski definition) is 0. The molecule has 0 spiro atoms. The van der Waals surface area contributed by atoms with Crippen LogP contribution in [0.1, 0.15) is 18.4 Å². The summed E-state index contributed by atoms with van der Waals surface area (Å²) in [7, 11) is 1.66. The molecule has 6 heteroatoms. The van der Waals surface area contributed by atoms with Gasteiger partial charge in [-0.2, -0.15) is 0 Å². The summed E-state index contributed by atoms with van der Waals surface area (Å²) in [5, 5.41) is 0.738. The lowest BCUT2D eigenvalue weighted by atomic mass is 9.73. The molecular formula is C23H27ClN2O3. The van der Waals surface area contributed by atoms with E-state index >= 15 is 0 Å². The van der Waals surface area contributed by atoms with Gasteiger partial charge in [0, 0.05) is 50.1 Å². The van der Waals surface area contributed by atoms with Crippen LogP contribution in [-0.4, -0.2) is 57.3 Å². The monoisotopic (exact) mass is 414 g/mol. The van der Waals surface area contributed by atoms with Crippen LogP contribution in [0.5, 0.6) is 5.75 Å². The van der Waals surface area contributed by atoms with Crippen molar-refractivity contribution in [2.24, 2.45) is 0 Å². The van der Waals surface area contributed by atoms with Crippen molar-refractivity contribution >= 4 is 23.2 Å². The van der Waals surface area contributed by atoms with Gasteiger partial charge in [-0.1, -0.05) is 29.8 Å². The van der Waals surface area contributed by atoms with E-state index in [9.17, 15) is 4.79 Å². The van der Waals surface area contributed by atoms with Gasteiger partial charge in [-0.05, 0) is 48.7 Å². The van der Waals surface area contributed by atoms with Gasteiger partial charge in [0.05, 0.1) is 12.5 Å². The largest absolute Gasteiger partial charge is 0.497 e. The first kappa shape index (κ1) is 20.0. The Morgan fingerprint density at radius 1 is 1.03 bits per heavy atom. The molecule has 0 N–H and O–H groups in total. The van der Waals surface area contributed by atoms with Crippen LogP contribution >= 0.6 is 11.6 Å². The van der Waals surface area contributed by atoms with Crippen LogP contribution in [0.25, 0.3) is 0 Å². The van der Waals surface area contributed by atoms with E-state index in [-0.39, 0.29) is 5.91 Å². The van der Waals surface area contributed by atoms with Gasteiger partial charge in [0.15, 0.2) is 0 Å². The fourth-order valence-electron chi connectivity index (χ4n) is 4.40. The molecule has 1 amide bonds. The smallest absolute Gasteiger partial charge is 0.233 e. The van der Waals surface area contributed by atoms with Crippen molar-refractivity contribution in [2.45, 2.75) is 18.3 Å². The number of ether oxygens (including phenoxy) is 2. The molecule has 0 atom stereocenters. The molecule has 2 aromatic carbocycles. The lowest BCUT2D eigenvalue weighted by Gasteiger charge is -2.43. The fourth-order valence-corrected chi connectivity index (χ4v) is 4.58. The maximum Gasteiger partial charge on any atom is 0.233 e. The molecule has 0 radical (unpaired) electrons. The second-order valence-electron chi connectivity index (χ2n) is 7.68. The van der Waals surface area contributed by atoms with E-state index in [0.717, 1.165) is 35.1 Å². The highest BCUT2D eigenvalue weighted by Crippen LogP contribution is 2.38. The minimum absolute atomic E-state index is 0.219. The van der Waals surface area contributed by atoms with Gasteiger partial charge in [0.25, 0.3) is 0 Å². The zero-order valence-corrected chi connectivity index (χ0v) is 17.5. The van der Waals surface area contributed by atoms with Crippen molar-refractivity contribution < 1.29 is 14.3 Å². The summed E-state index contributed by atoms with van der Waals surface area (Å²) >= 11 is 6.14. The predicted molar refractivity (Wildman–Crippen MR) is 115 cm³/mol. The van der Waals surface area contributed by atoms with Gasteiger partial charge in [-0.25, -0.2) is 0 Å². The predicted octanol–water partition coefficient (Wildman–Crippen LogP) is 3.75. The topological polar surface area (TPSA) is 42.0 Å². The van der Waals surface area contributed by atoms with Crippen LogP contribution in [0, 0.1) is 0 Å². The molecule has 2 aromatic rings. The van der Waals surface area contributed by atoms with Gasteiger partial charge < -0.3 is 19.3 Å². The molecule has 0 aromatic heterocycles. The van der Waals surface area contributed by atoms with E-state index in [2.05, 4.69) is 11.0 Å². The molecule has 2 heterocycles. The summed E-state index contributed by atoms with van der Waals surface area (Å²) in [6.45, 7) is 4.26. The molecule has 0 bridgehead atoms. The van der Waals surface area contributed by atoms with Gasteiger partial charge in [0.1, 0.15) is 5.75 Å². The molecule has 2 saturated heterocycles. The normalized spacial score (nSPS) is 19.1. The number of amides is 1. The quantitative estimate of drug-likeness (QED) is 0.764. The summed E-state index contributed by atoms with van der Waals surface area (Å²) in [5.74, 6) is 1.02. The van der Waals surface area contributed by atoms with Gasteiger partial charge >= 0.3 is 0 Å². The van der Waals surface area contributed by atoms with Crippen molar-refractivity contribution in [2.75, 3.05) is 51.4 Å². The van der Waals surface area contributed by atoms with Crippen LogP contribution in [0.4, 0.5) is 5.69 Å². The third-order valence-corrected chi connectivity index (χ3v) is 6.37. The molecule has 2 aliphatic rings. The third kappa shape index (κ3) is 4.07. The Morgan fingerprint density at radius 3 is 2.34 bits per heavy atom. The maximum absolute atomic E-state index is 13.7. The molecule has 154 valence electrons. The Balaban J connectivity index is 1.51. The molecule has 0 aliphatic carbocycles. The number of halogens is 1. The number of anilines is 1. The Morgan fingerprint density at radius 2 is 1.72 bits per heavy atom. The molecule has 2 aliphatic heterocycles. The van der Waals surface area contributed by atoms with Crippen molar-refractivity contribution in [1.82, 2.24) is 4.90 Å². The average Bonchev–Trinajstić information content (AvgIpc) is 2.79. The third-order valence-electron chi connectivity index (χ3n) is 6.14. The summed E-state index contributed by atoms with van der Waals surface area (Å²) in [6, 6.07) is 15.9. The number of benzene rings is 2. The van der Waals surface area contributed by atoms with Crippen LogP contribution in [-0.2, 0) is 14.9 Å². The number of carbonyl (C=O) groups is 1. The minimum atomic E-state index is -0.511. The van der Waals surface area contributed by atoms with E-state index in [1.807, 2.05) is 47.4 Å². The molecule has 0 saturated carbocycles. The van der Waals surface area contributed by atoms with E-state index in [4.69, 9.17) is 21.1 Å². The molecule has 29 heavy (non-hydrogen) atoms. The molecule has 2 fully saturated rings. The molecular weight excluding hydrogens is 388 g/mol. The second kappa shape index (κ2) is 8.64. The number of nitrogens with zero attached hydrogens (tertiary/aromatic N) is 2. The maximum atomic E-state index is 13.7. The molecule has 4 rings (SSSR count). The standard InChI is InChI=1S/C23H27ClN2O3/c1-28-21-7-5-18(6-8-21)23(9-15-29-16-10-23)22(27)26-13-11-25(12-14-26)20-4-2-3-19(24)17-20/h2-8,17H,9-16H2,1H3. The number of rotatable bonds is 4. The number of methoxy groups -OCH3 is 1. The van der Waals surface area contributed by atoms with E-state index < -0.39 is 5.41 Å². The molecule has 5 nitrogen and oxygen atoms in total. The Kier molecular flexibility index (Phi) is 5.97. The van der Waals surface area contributed by atoms with Crippen LogP contribution in [0.15, 0.2) is 48.5 Å². The highest BCUT2D eigenvalue weighted by Gasteiger charge is 2.44. The summed E-state index contributed by atoms with van der Waals surface area (Å²) < 4.78 is 10.9. The van der Waals surface area contributed by atoms with Crippen molar-refractivity contribution in [3.8, 4) is 5.75 Å². The Bertz CT molecular complexity index is 841. The number of hydrogen-bond acceptors (Lipinski definition) is 4. The lowest BCUT2D eigenvalue weighted by molar-refractivity contribution is -0.141. The highest BCUT2D eigenvalue weighted by atomic mass is 35.5. The van der Waals surface area contributed by atoms with Crippen LogP contribution in [0.2, 0.25) is 5.02 Å². The van der Waals surface area contributed by atoms with E-state index in [1.165, 1.54) is 0 Å². The second-order valence-corrected chi connectivity index (χ2v) is 8.12. The van der Waals surface area contributed by atoms with E-state index in [1.54, 1.807) is 7.11 Å². The van der Waals surface area contributed by atoms with Crippen LogP contribution < -0.4 is 9.64 Å². The summed E-state index contributed by atoms with van der Waals surface area (Å²) in [4.78, 5) is 18.0. The Labute approximate surface area is 177 Å². The zero-order chi connectivity index (χ0) is 20.3. The zero-order valence-electron chi connectivity index (χ0n) is 16.8. The average molecular weight is 415 g/mol. The first-order chi connectivity index (χ1) is 14.1. The first-order valence-corrected chi connectivity index (χ1v) is 10.5. The van der Waals surface area contributed by atoms with Gasteiger partial charge in [-0.3, -0.25) is 4.79 Å². The van der Waals surface area contributed by atoms with E-state index in [0.29, 0.717) is 39.1 Å². The SMILES string of the molecule is COc1ccc(C2(C(=O)N3CCN(c4cccc(Cl)c4)CC3)CCOCC2)cc1. The highest BCUT2D eigenvalue weighted by molar-refractivity contribution is 6.30. The van der Waals surface area contributed by atoms with Crippen molar-refractivity contribution in [1.29, 1.82) is 0 Å². The Hall–Kier alpha value is -2.24. The van der Waals surface area contributed by atoms with Crippen molar-refractivity contribution in [3.05, 3.63) is 59.1 Å². The first-order valence-electron chi connectivity index (χ1n) is 10.1. The lowest BCUT2D eigenvalue weighted by Crippen LogP contribution is -2.56. The number of piperazine rings is 1. The van der Waals surface area contributed by atoms with Crippen LogP contribution in [0.3, 0.4) is 0 Å².